The van der Waals surface area contributed by atoms with Crippen molar-refractivity contribution in [1.82, 2.24) is 25.0 Å². The van der Waals surface area contributed by atoms with Crippen LogP contribution in [0.1, 0.15) is 37.3 Å². The van der Waals surface area contributed by atoms with E-state index in [1.165, 1.54) is 19.3 Å². The van der Waals surface area contributed by atoms with Gasteiger partial charge in [0, 0.05) is 46.1 Å². The van der Waals surface area contributed by atoms with Crippen molar-refractivity contribution < 1.29 is 4.74 Å². The molecule has 136 valence electrons. The molecule has 1 fully saturated rings. The van der Waals surface area contributed by atoms with E-state index in [1.54, 1.807) is 7.11 Å². The van der Waals surface area contributed by atoms with Crippen LogP contribution < -0.4 is 5.32 Å². The van der Waals surface area contributed by atoms with Gasteiger partial charge in [-0.2, -0.15) is 0 Å². The van der Waals surface area contributed by atoms with Crippen LogP contribution in [-0.4, -0.2) is 59.5 Å². The van der Waals surface area contributed by atoms with Gasteiger partial charge in [-0.25, -0.2) is 0 Å². The number of nitrogens with zero attached hydrogens (tertiary/aromatic N) is 5. The monoisotopic (exact) mass is 448 g/mol. The van der Waals surface area contributed by atoms with Gasteiger partial charge in [0.15, 0.2) is 11.8 Å². The van der Waals surface area contributed by atoms with Crippen molar-refractivity contribution >= 4 is 29.9 Å². The molecule has 3 rings (SSSR count). The smallest absolute Gasteiger partial charge is 0.194 e. The Bertz CT molecular complexity index is 547. The molecule has 1 saturated heterocycles. The number of nitrogens with one attached hydrogen (secondary N) is 1. The summed E-state index contributed by atoms with van der Waals surface area (Å²) in [7, 11) is 3.61. The van der Waals surface area contributed by atoms with E-state index < -0.39 is 0 Å². The van der Waals surface area contributed by atoms with Crippen LogP contribution in [0.5, 0.6) is 0 Å². The summed E-state index contributed by atoms with van der Waals surface area (Å²) in [6.07, 6.45) is 5.94. The highest BCUT2D eigenvalue weighted by Gasteiger charge is 2.25. The molecule has 1 unspecified atom stereocenters. The first-order chi connectivity index (χ1) is 11.3. The Kier molecular flexibility index (Phi) is 7.73. The third-order valence-corrected chi connectivity index (χ3v) is 4.79. The van der Waals surface area contributed by atoms with Crippen molar-refractivity contribution in [3.63, 3.8) is 0 Å². The maximum atomic E-state index is 5.27. The van der Waals surface area contributed by atoms with Crippen LogP contribution in [0.25, 0.3) is 0 Å². The fraction of sp³-hybridized carbons (Fsp3) is 0.812. The molecule has 1 atom stereocenters. The van der Waals surface area contributed by atoms with Gasteiger partial charge < -0.3 is 19.5 Å². The van der Waals surface area contributed by atoms with Gasteiger partial charge in [0.25, 0.3) is 0 Å². The number of aromatic nitrogens is 3. The van der Waals surface area contributed by atoms with Gasteiger partial charge in [0.1, 0.15) is 5.82 Å². The van der Waals surface area contributed by atoms with E-state index >= 15 is 0 Å². The molecule has 0 aliphatic carbocycles. The fourth-order valence-corrected chi connectivity index (χ4v) is 3.56. The minimum Gasteiger partial charge on any atom is -0.384 e. The highest BCUT2D eigenvalue weighted by molar-refractivity contribution is 14.0. The van der Waals surface area contributed by atoms with Crippen LogP contribution >= 0.6 is 24.0 Å². The number of hydrogen-bond acceptors (Lipinski definition) is 4. The molecule has 1 aromatic rings. The van der Waals surface area contributed by atoms with Crippen LogP contribution in [0.3, 0.4) is 0 Å². The first-order valence-corrected chi connectivity index (χ1v) is 8.67. The lowest BCUT2D eigenvalue weighted by atomic mass is 10.1. The summed E-state index contributed by atoms with van der Waals surface area (Å²) in [5.74, 6) is 3.71. The molecular formula is C16H29IN6O. The van der Waals surface area contributed by atoms with Crippen LogP contribution in [0.4, 0.5) is 0 Å². The SMILES string of the molecule is CN=C(NCc1nnc2n1CCCCC2)N1CCC(COC)C1.I. The number of likely N-dealkylation sites (tertiary alicyclic amines) is 1. The first-order valence-electron chi connectivity index (χ1n) is 8.67. The Balaban J connectivity index is 0.00000208. The number of guanidine groups is 1. The third kappa shape index (κ3) is 4.59. The Morgan fingerprint density at radius 2 is 2.17 bits per heavy atom. The van der Waals surface area contributed by atoms with E-state index in [0.717, 1.165) is 56.7 Å². The maximum absolute atomic E-state index is 5.27. The van der Waals surface area contributed by atoms with E-state index in [1.807, 2.05) is 7.05 Å². The van der Waals surface area contributed by atoms with E-state index in [9.17, 15) is 0 Å². The lowest BCUT2D eigenvalue weighted by Crippen LogP contribution is -2.40. The van der Waals surface area contributed by atoms with E-state index in [-0.39, 0.29) is 24.0 Å². The fourth-order valence-electron chi connectivity index (χ4n) is 3.56. The summed E-state index contributed by atoms with van der Waals surface area (Å²) < 4.78 is 7.55. The summed E-state index contributed by atoms with van der Waals surface area (Å²) in [5.41, 5.74) is 0. The predicted molar refractivity (Wildman–Crippen MR) is 105 cm³/mol. The van der Waals surface area contributed by atoms with Gasteiger partial charge in [-0.15, -0.1) is 34.2 Å². The highest BCUT2D eigenvalue weighted by atomic mass is 127. The quantitative estimate of drug-likeness (QED) is 0.431. The Morgan fingerprint density at radius 3 is 2.96 bits per heavy atom. The van der Waals surface area contributed by atoms with Gasteiger partial charge in [0.05, 0.1) is 13.2 Å². The molecule has 1 N–H and O–H groups in total. The number of aryl methyl sites for hydroxylation is 1. The van der Waals surface area contributed by atoms with Crippen LogP contribution in [0.15, 0.2) is 4.99 Å². The minimum absolute atomic E-state index is 0. The average molecular weight is 448 g/mol. The topological polar surface area (TPSA) is 67.6 Å². The Morgan fingerprint density at radius 1 is 1.29 bits per heavy atom. The molecule has 2 aliphatic rings. The maximum Gasteiger partial charge on any atom is 0.194 e. The first kappa shape index (κ1) is 19.4. The lowest BCUT2D eigenvalue weighted by molar-refractivity contribution is 0.157. The van der Waals surface area contributed by atoms with Crippen LogP contribution in [0.2, 0.25) is 0 Å². The Hall–Kier alpha value is -0.900. The molecule has 3 heterocycles. The van der Waals surface area contributed by atoms with Gasteiger partial charge in [0.2, 0.25) is 0 Å². The largest absolute Gasteiger partial charge is 0.384 e. The number of rotatable bonds is 4. The zero-order chi connectivity index (χ0) is 16.1. The summed E-state index contributed by atoms with van der Waals surface area (Å²) in [5, 5.41) is 12.2. The summed E-state index contributed by atoms with van der Waals surface area (Å²) in [6.45, 7) is 4.59. The lowest BCUT2D eigenvalue weighted by Gasteiger charge is -2.21. The molecule has 8 heteroatoms. The number of halogens is 1. The van der Waals surface area contributed by atoms with Crippen molar-refractivity contribution in [2.75, 3.05) is 33.9 Å². The van der Waals surface area contributed by atoms with E-state index in [2.05, 4.69) is 30.0 Å². The van der Waals surface area contributed by atoms with Gasteiger partial charge in [-0.1, -0.05) is 6.42 Å². The number of fused-ring (bicyclic) bond motifs is 1. The molecule has 0 spiro atoms. The van der Waals surface area contributed by atoms with Crippen molar-refractivity contribution in [2.24, 2.45) is 10.9 Å². The molecule has 0 amide bonds. The van der Waals surface area contributed by atoms with Gasteiger partial charge >= 0.3 is 0 Å². The zero-order valence-electron chi connectivity index (χ0n) is 14.7. The van der Waals surface area contributed by atoms with E-state index in [0.29, 0.717) is 12.5 Å². The Labute approximate surface area is 161 Å². The molecule has 0 radical (unpaired) electrons. The molecule has 24 heavy (non-hydrogen) atoms. The van der Waals surface area contributed by atoms with Crippen LogP contribution in [-0.2, 0) is 24.2 Å². The number of ether oxygens (including phenoxy) is 1. The van der Waals surface area contributed by atoms with Crippen molar-refractivity contribution in [2.45, 2.75) is 45.2 Å². The number of hydrogen-bond donors (Lipinski definition) is 1. The van der Waals surface area contributed by atoms with Gasteiger partial charge in [-0.05, 0) is 19.3 Å². The van der Waals surface area contributed by atoms with Gasteiger partial charge in [-0.3, -0.25) is 4.99 Å². The molecular weight excluding hydrogens is 419 g/mol. The molecule has 0 aromatic carbocycles. The summed E-state index contributed by atoms with van der Waals surface area (Å²) in [6, 6.07) is 0. The molecule has 0 saturated carbocycles. The molecule has 7 nitrogen and oxygen atoms in total. The zero-order valence-corrected chi connectivity index (χ0v) is 17.0. The van der Waals surface area contributed by atoms with E-state index in [4.69, 9.17) is 4.74 Å². The van der Waals surface area contributed by atoms with Crippen LogP contribution in [0, 0.1) is 5.92 Å². The minimum atomic E-state index is 0. The summed E-state index contributed by atoms with van der Waals surface area (Å²) in [4.78, 5) is 6.74. The molecule has 1 aromatic heterocycles. The second-order valence-corrected chi connectivity index (χ2v) is 6.45. The predicted octanol–water partition coefficient (Wildman–Crippen LogP) is 1.67. The standard InChI is InChI=1S/C16H28N6O.HI/c1-17-16(21-9-7-13(11-21)12-23-2)18-10-15-20-19-14-6-4-3-5-8-22(14)15;/h13H,3-12H2,1-2H3,(H,17,18);1H. The van der Waals surface area contributed by atoms with Crippen molar-refractivity contribution in [1.29, 1.82) is 0 Å². The molecule has 0 bridgehead atoms. The molecule has 2 aliphatic heterocycles. The highest BCUT2D eigenvalue weighted by Crippen LogP contribution is 2.17. The average Bonchev–Trinajstić information content (AvgIpc) is 3.10. The number of aliphatic imine (C=N–C) groups is 1. The third-order valence-electron chi connectivity index (χ3n) is 4.79. The second-order valence-electron chi connectivity index (χ2n) is 6.45. The summed E-state index contributed by atoms with van der Waals surface area (Å²) >= 11 is 0. The number of methoxy groups -OCH3 is 1. The van der Waals surface area contributed by atoms with Crippen molar-refractivity contribution in [3.8, 4) is 0 Å². The van der Waals surface area contributed by atoms with Crippen molar-refractivity contribution in [3.05, 3.63) is 11.6 Å². The normalized spacial score (nSPS) is 21.2. The second kappa shape index (κ2) is 9.55.